The third-order valence-corrected chi connectivity index (χ3v) is 2.84. The van der Waals surface area contributed by atoms with Crippen molar-refractivity contribution in [1.29, 1.82) is 5.41 Å². The predicted octanol–water partition coefficient (Wildman–Crippen LogP) is 1.73. The number of allylic oxidation sites excluding steroid dienone is 2. The van der Waals surface area contributed by atoms with Gasteiger partial charge in [-0.15, -0.1) is 0 Å². The smallest absolute Gasteiger partial charge is 0.123 e. The van der Waals surface area contributed by atoms with Gasteiger partial charge in [-0.3, -0.25) is 5.41 Å². The highest BCUT2D eigenvalue weighted by molar-refractivity contribution is 6.45. The predicted molar refractivity (Wildman–Crippen MR) is 66.2 cm³/mol. The maximum absolute atomic E-state index is 7.98. The van der Waals surface area contributed by atoms with Gasteiger partial charge in [-0.05, 0) is 12.1 Å². The topological polar surface area (TPSA) is 49.7 Å². The van der Waals surface area contributed by atoms with E-state index in [1.807, 2.05) is 37.5 Å². The normalized spacial score (nSPS) is 12.0. The molecule has 0 aromatic heterocycles. The third kappa shape index (κ3) is 2.84. The zero-order valence-electron chi connectivity index (χ0n) is 9.67. The number of nitrogens with two attached hydrogens (primary N) is 1. The molecule has 0 aliphatic heterocycles. The van der Waals surface area contributed by atoms with Gasteiger partial charge in [0.05, 0.1) is 19.9 Å². The van der Waals surface area contributed by atoms with Crippen molar-refractivity contribution >= 4 is 17.3 Å². The lowest BCUT2D eigenvalue weighted by atomic mass is 10.1. The van der Waals surface area contributed by atoms with Crippen molar-refractivity contribution in [2.45, 2.75) is 6.92 Å². The summed E-state index contributed by atoms with van der Waals surface area (Å²) < 4.78 is 5.11. The minimum Gasteiger partial charge on any atom is -0.497 e. The average molecular weight is 240 g/mol. The van der Waals surface area contributed by atoms with Crippen LogP contribution in [-0.4, -0.2) is 19.9 Å². The maximum Gasteiger partial charge on any atom is 0.123 e. The van der Waals surface area contributed by atoms with Gasteiger partial charge in [0.15, 0.2) is 0 Å². The van der Waals surface area contributed by atoms with Crippen LogP contribution in [0.1, 0.15) is 12.5 Å². The SMILES string of the molecule is C[NH2+]C(C)=C(Cl)C(=N)c1cccc(OC)c1. The molecule has 0 amide bonds. The molecule has 0 atom stereocenters. The lowest BCUT2D eigenvalue weighted by Crippen LogP contribution is -2.77. The van der Waals surface area contributed by atoms with Gasteiger partial charge in [0, 0.05) is 12.5 Å². The fraction of sp³-hybridized carbons (Fsp3) is 0.250. The number of nitrogens with one attached hydrogen (secondary N) is 1. The lowest BCUT2D eigenvalue weighted by Gasteiger charge is -2.06. The van der Waals surface area contributed by atoms with E-state index in [9.17, 15) is 0 Å². The van der Waals surface area contributed by atoms with E-state index in [-0.39, 0.29) is 0 Å². The lowest BCUT2D eigenvalue weighted by molar-refractivity contribution is -0.576. The average Bonchev–Trinajstić information content (AvgIpc) is 2.36. The van der Waals surface area contributed by atoms with E-state index in [4.69, 9.17) is 21.7 Å². The number of rotatable bonds is 4. The highest BCUT2D eigenvalue weighted by atomic mass is 35.5. The summed E-state index contributed by atoms with van der Waals surface area (Å²) in [4.78, 5) is 0. The van der Waals surface area contributed by atoms with Crippen molar-refractivity contribution in [3.8, 4) is 5.75 Å². The summed E-state index contributed by atoms with van der Waals surface area (Å²) in [5, 5.41) is 10.3. The largest absolute Gasteiger partial charge is 0.497 e. The molecule has 0 aliphatic carbocycles. The van der Waals surface area contributed by atoms with Crippen LogP contribution in [0.3, 0.4) is 0 Å². The van der Waals surface area contributed by atoms with E-state index in [0.29, 0.717) is 10.7 Å². The van der Waals surface area contributed by atoms with Crippen molar-refractivity contribution < 1.29 is 10.1 Å². The number of hydrogen-bond donors (Lipinski definition) is 2. The molecule has 0 heterocycles. The van der Waals surface area contributed by atoms with Crippen molar-refractivity contribution in [2.24, 2.45) is 0 Å². The maximum atomic E-state index is 7.98. The third-order valence-electron chi connectivity index (χ3n) is 2.36. The van der Waals surface area contributed by atoms with Crippen molar-refractivity contribution in [3.63, 3.8) is 0 Å². The highest BCUT2D eigenvalue weighted by Gasteiger charge is 2.11. The first-order valence-electron chi connectivity index (χ1n) is 4.99. The van der Waals surface area contributed by atoms with Crippen molar-refractivity contribution in [1.82, 2.24) is 0 Å². The number of halogens is 1. The zero-order chi connectivity index (χ0) is 12.1. The summed E-state index contributed by atoms with van der Waals surface area (Å²) in [6.07, 6.45) is 0. The number of methoxy groups -OCH3 is 1. The molecular weight excluding hydrogens is 224 g/mol. The second-order valence-electron chi connectivity index (χ2n) is 3.39. The van der Waals surface area contributed by atoms with Gasteiger partial charge in [-0.1, -0.05) is 23.7 Å². The van der Waals surface area contributed by atoms with Crippen molar-refractivity contribution in [3.05, 3.63) is 40.6 Å². The molecule has 1 aromatic carbocycles. The Kier molecular flexibility index (Phi) is 4.52. The van der Waals surface area contributed by atoms with Gasteiger partial charge < -0.3 is 10.1 Å². The molecule has 1 aromatic rings. The number of ether oxygens (including phenoxy) is 1. The number of quaternary nitrogens is 1. The fourth-order valence-corrected chi connectivity index (χ4v) is 1.45. The van der Waals surface area contributed by atoms with Crippen LogP contribution in [0.25, 0.3) is 0 Å². The molecule has 0 fully saturated rings. The van der Waals surface area contributed by atoms with Gasteiger partial charge >= 0.3 is 0 Å². The van der Waals surface area contributed by atoms with Crippen molar-refractivity contribution in [2.75, 3.05) is 14.2 Å². The molecule has 0 radical (unpaired) electrons. The van der Waals surface area contributed by atoms with Crippen LogP contribution in [0.2, 0.25) is 0 Å². The molecule has 4 heteroatoms. The Balaban J connectivity index is 3.05. The van der Waals surface area contributed by atoms with Crippen LogP contribution in [0.5, 0.6) is 5.75 Å². The first kappa shape index (κ1) is 12.7. The molecule has 0 spiro atoms. The molecular formula is C12H16ClN2O+. The van der Waals surface area contributed by atoms with Crippen LogP contribution >= 0.6 is 11.6 Å². The zero-order valence-corrected chi connectivity index (χ0v) is 10.4. The van der Waals surface area contributed by atoms with Gasteiger partial charge in [-0.25, -0.2) is 0 Å². The summed E-state index contributed by atoms with van der Waals surface area (Å²) >= 11 is 6.09. The molecule has 0 unspecified atom stereocenters. The monoisotopic (exact) mass is 239 g/mol. The van der Waals surface area contributed by atoms with E-state index in [2.05, 4.69) is 0 Å². The summed E-state index contributed by atoms with van der Waals surface area (Å²) in [6.45, 7) is 1.89. The first-order chi connectivity index (χ1) is 7.60. The van der Waals surface area contributed by atoms with Gasteiger partial charge in [-0.2, -0.15) is 0 Å². The Morgan fingerprint density at radius 3 is 2.69 bits per heavy atom. The molecule has 16 heavy (non-hydrogen) atoms. The van der Waals surface area contributed by atoms with Crippen LogP contribution in [0.4, 0.5) is 0 Å². The minimum atomic E-state index is 0.316. The Morgan fingerprint density at radius 2 is 2.12 bits per heavy atom. The second-order valence-corrected chi connectivity index (χ2v) is 3.77. The van der Waals surface area contributed by atoms with Gasteiger partial charge in [0.25, 0.3) is 0 Å². The van der Waals surface area contributed by atoms with E-state index in [0.717, 1.165) is 17.0 Å². The summed E-state index contributed by atoms with van der Waals surface area (Å²) in [6, 6.07) is 7.33. The molecule has 0 bridgehead atoms. The summed E-state index contributed by atoms with van der Waals surface area (Å²) in [5.41, 5.74) is 1.97. The Morgan fingerprint density at radius 1 is 1.44 bits per heavy atom. The Labute approximate surface area is 101 Å². The minimum absolute atomic E-state index is 0.316. The van der Waals surface area contributed by atoms with E-state index in [1.54, 1.807) is 13.2 Å². The molecule has 1 rings (SSSR count). The van der Waals surface area contributed by atoms with Crippen LogP contribution < -0.4 is 10.1 Å². The van der Waals surface area contributed by atoms with E-state index >= 15 is 0 Å². The quantitative estimate of drug-likeness (QED) is 0.773. The van der Waals surface area contributed by atoms with Crippen LogP contribution in [-0.2, 0) is 0 Å². The molecule has 0 saturated heterocycles. The van der Waals surface area contributed by atoms with E-state index < -0.39 is 0 Å². The molecule has 0 aliphatic rings. The number of hydrogen-bond acceptors (Lipinski definition) is 2. The van der Waals surface area contributed by atoms with Crippen LogP contribution in [0.15, 0.2) is 35.0 Å². The first-order valence-corrected chi connectivity index (χ1v) is 5.37. The summed E-state index contributed by atoms with van der Waals surface area (Å²) in [5.74, 6) is 0.727. The fourth-order valence-electron chi connectivity index (χ4n) is 1.23. The number of benzene rings is 1. The summed E-state index contributed by atoms with van der Waals surface area (Å²) in [7, 11) is 3.50. The van der Waals surface area contributed by atoms with Gasteiger partial charge in [0.1, 0.15) is 16.5 Å². The molecule has 86 valence electrons. The van der Waals surface area contributed by atoms with Gasteiger partial charge in [0.2, 0.25) is 0 Å². The highest BCUT2D eigenvalue weighted by Crippen LogP contribution is 2.18. The standard InChI is InChI=1S/C12H15ClN2O/c1-8(15-2)11(13)12(14)9-5-4-6-10(7-9)16-3/h4-7,14-15H,1-3H3/p+1. The van der Waals surface area contributed by atoms with Crippen LogP contribution in [0, 0.1) is 5.41 Å². The molecule has 3 nitrogen and oxygen atoms in total. The Hall–Kier alpha value is -1.32. The molecule has 3 N–H and O–H groups in total. The van der Waals surface area contributed by atoms with E-state index in [1.165, 1.54) is 0 Å². The molecule has 0 saturated carbocycles. The Bertz CT molecular complexity index is 427. The second kappa shape index (κ2) is 5.68.